The summed E-state index contributed by atoms with van der Waals surface area (Å²) in [4.78, 5) is 13.2. The molecule has 3 aliphatic rings. The van der Waals surface area contributed by atoms with Crippen molar-refractivity contribution in [3.63, 3.8) is 0 Å². The number of piperidine rings is 3. The highest BCUT2D eigenvalue weighted by atomic mass is 16.4. The zero-order valence-electron chi connectivity index (χ0n) is 17.7. The van der Waals surface area contributed by atoms with E-state index in [1.807, 2.05) is 18.2 Å². The lowest BCUT2D eigenvalue weighted by Crippen LogP contribution is -2.55. The fourth-order valence-corrected chi connectivity index (χ4v) is 5.43. The highest BCUT2D eigenvalue weighted by Crippen LogP contribution is 2.45. The second-order valence-electron chi connectivity index (χ2n) is 9.10. The lowest BCUT2D eigenvalue weighted by Gasteiger charge is -2.51. The first-order chi connectivity index (χ1) is 14.5. The van der Waals surface area contributed by atoms with Crippen molar-refractivity contribution in [2.75, 3.05) is 19.6 Å². The van der Waals surface area contributed by atoms with Gasteiger partial charge in [-0.15, -0.1) is 0 Å². The van der Waals surface area contributed by atoms with Gasteiger partial charge in [-0.2, -0.15) is 0 Å². The summed E-state index contributed by atoms with van der Waals surface area (Å²) in [6.07, 6.45) is 5.64. The van der Waals surface area contributed by atoms with Crippen LogP contribution in [0.2, 0.25) is 0 Å². The zero-order valence-corrected chi connectivity index (χ0v) is 17.7. The molecule has 3 heterocycles. The van der Waals surface area contributed by atoms with Crippen molar-refractivity contribution in [3.05, 3.63) is 71.3 Å². The highest BCUT2D eigenvalue weighted by Gasteiger charge is 2.47. The molecule has 2 N–H and O–H groups in total. The lowest BCUT2D eigenvalue weighted by molar-refractivity contribution is -0.137. The van der Waals surface area contributed by atoms with Crippen molar-refractivity contribution in [3.8, 4) is 0 Å². The Bertz CT molecular complexity index is 827. The van der Waals surface area contributed by atoms with Gasteiger partial charge in [-0.25, -0.2) is 0 Å². The van der Waals surface area contributed by atoms with Crippen LogP contribution in [0.3, 0.4) is 0 Å². The highest BCUT2D eigenvalue weighted by molar-refractivity contribution is 5.66. The maximum absolute atomic E-state index is 12.0. The molecule has 30 heavy (non-hydrogen) atoms. The number of nitrogens with zero attached hydrogens (tertiary/aromatic N) is 1. The van der Waals surface area contributed by atoms with Gasteiger partial charge in [0.2, 0.25) is 0 Å². The normalized spacial score (nSPS) is 25.0. The fourth-order valence-electron chi connectivity index (χ4n) is 5.43. The minimum atomic E-state index is -0.800. The third-order valence-corrected chi connectivity index (χ3v) is 7.22. The summed E-state index contributed by atoms with van der Waals surface area (Å²) >= 11 is 0. The van der Waals surface area contributed by atoms with Gasteiger partial charge in [-0.1, -0.05) is 54.6 Å². The van der Waals surface area contributed by atoms with E-state index in [1.165, 1.54) is 37.1 Å². The maximum Gasteiger partial charge on any atom is 0.303 e. The van der Waals surface area contributed by atoms with Gasteiger partial charge < -0.3 is 15.1 Å². The van der Waals surface area contributed by atoms with Crippen LogP contribution < -0.4 is 0 Å². The Morgan fingerprint density at radius 2 is 1.60 bits per heavy atom. The average molecular weight is 408 g/mol. The maximum atomic E-state index is 12.0. The number of carboxylic acid groups (broad SMARTS) is 1. The van der Waals surface area contributed by atoms with Crippen LogP contribution in [0.4, 0.5) is 0 Å². The van der Waals surface area contributed by atoms with E-state index in [1.54, 1.807) is 0 Å². The zero-order chi connectivity index (χ0) is 21.0. The number of aliphatic hydroxyl groups is 1. The molecule has 3 saturated heterocycles. The predicted octanol–water partition coefficient (Wildman–Crippen LogP) is 4.26. The number of rotatable bonds is 9. The van der Waals surface area contributed by atoms with E-state index in [4.69, 9.17) is 5.11 Å². The summed E-state index contributed by atoms with van der Waals surface area (Å²) in [7, 11) is 0. The van der Waals surface area contributed by atoms with E-state index >= 15 is 0 Å². The first kappa shape index (κ1) is 21.1. The summed E-state index contributed by atoms with van der Waals surface area (Å²) in [6, 6.07) is 18.7. The molecule has 0 aliphatic carbocycles. The van der Waals surface area contributed by atoms with Crippen molar-refractivity contribution >= 4 is 5.97 Å². The predicted molar refractivity (Wildman–Crippen MR) is 118 cm³/mol. The third-order valence-electron chi connectivity index (χ3n) is 7.22. The van der Waals surface area contributed by atoms with Crippen molar-refractivity contribution < 1.29 is 15.0 Å². The molecule has 0 amide bonds. The summed E-state index contributed by atoms with van der Waals surface area (Å²) in [5, 5.41) is 20.8. The number of carbonyl (C=O) groups is 1. The fraction of sp³-hybridized carbons (Fsp3) is 0.500. The molecule has 2 aromatic rings. The van der Waals surface area contributed by atoms with Gasteiger partial charge in [0.1, 0.15) is 0 Å². The Morgan fingerprint density at radius 1 is 0.967 bits per heavy atom. The minimum absolute atomic E-state index is 0.214. The molecular formula is C26H33NO3. The Balaban J connectivity index is 1.46. The molecule has 2 aromatic carbocycles. The van der Waals surface area contributed by atoms with Gasteiger partial charge >= 0.3 is 5.97 Å². The van der Waals surface area contributed by atoms with Crippen LogP contribution in [-0.2, 0) is 23.2 Å². The van der Waals surface area contributed by atoms with Crippen LogP contribution in [0.1, 0.15) is 48.8 Å². The molecule has 0 radical (unpaired) electrons. The molecule has 5 rings (SSSR count). The Labute approximate surface area is 179 Å². The Kier molecular flexibility index (Phi) is 6.55. The van der Waals surface area contributed by atoms with E-state index in [-0.39, 0.29) is 12.3 Å². The molecule has 3 fully saturated rings. The Morgan fingerprint density at radius 3 is 2.17 bits per heavy atom. The van der Waals surface area contributed by atoms with Gasteiger partial charge in [-0.05, 0) is 74.2 Å². The average Bonchev–Trinajstić information content (AvgIpc) is 2.79. The number of fused-ring (bicyclic) bond motifs is 3. The van der Waals surface area contributed by atoms with E-state index in [0.29, 0.717) is 12.3 Å². The van der Waals surface area contributed by atoms with Gasteiger partial charge in [0.15, 0.2) is 0 Å². The van der Waals surface area contributed by atoms with Gasteiger partial charge in [0.05, 0.1) is 5.60 Å². The number of hydrogen-bond donors (Lipinski definition) is 2. The Hall–Kier alpha value is -2.17. The van der Waals surface area contributed by atoms with Gasteiger partial charge in [0, 0.05) is 18.9 Å². The summed E-state index contributed by atoms with van der Waals surface area (Å²) < 4.78 is 0. The van der Waals surface area contributed by atoms with Crippen LogP contribution >= 0.6 is 0 Å². The number of aliphatic carboxylic acids is 1. The number of hydrogen-bond acceptors (Lipinski definition) is 3. The van der Waals surface area contributed by atoms with E-state index in [0.717, 1.165) is 31.4 Å². The van der Waals surface area contributed by atoms with Crippen molar-refractivity contribution in [1.29, 1.82) is 0 Å². The topological polar surface area (TPSA) is 60.8 Å². The largest absolute Gasteiger partial charge is 0.481 e. The molecule has 4 nitrogen and oxygen atoms in total. The molecule has 0 spiro atoms. The van der Waals surface area contributed by atoms with Crippen LogP contribution in [-0.4, -0.2) is 40.7 Å². The van der Waals surface area contributed by atoms with E-state index < -0.39 is 11.6 Å². The standard InChI is InChI=1S/C26H33NO3/c28-25(29)8-4-5-20-9-11-21(12-10-20)13-16-26(30,23-6-2-1-3-7-23)24-19-27-17-14-22(24)15-18-27/h1-3,6-7,9-12,22,24,30H,4-5,8,13-19H2,(H,28,29). The SMILES string of the molecule is O=C(O)CCCc1ccc(CCC(O)(c2ccccc2)C2CN3CCC2CC3)cc1. The molecule has 2 bridgehead atoms. The number of benzene rings is 2. The number of aryl methyl sites for hydroxylation is 2. The smallest absolute Gasteiger partial charge is 0.303 e. The molecule has 2 atom stereocenters. The first-order valence-electron chi connectivity index (χ1n) is 11.3. The minimum Gasteiger partial charge on any atom is -0.481 e. The van der Waals surface area contributed by atoms with Gasteiger partial charge in [0.25, 0.3) is 0 Å². The quantitative estimate of drug-likeness (QED) is 0.652. The molecule has 0 saturated carbocycles. The second-order valence-corrected chi connectivity index (χ2v) is 9.10. The van der Waals surface area contributed by atoms with Crippen molar-refractivity contribution in [2.24, 2.45) is 11.8 Å². The summed E-state index contributed by atoms with van der Waals surface area (Å²) in [5.41, 5.74) is 2.66. The summed E-state index contributed by atoms with van der Waals surface area (Å²) in [5.74, 6) is 0.161. The molecule has 0 aromatic heterocycles. The van der Waals surface area contributed by atoms with Crippen LogP contribution in [0.15, 0.2) is 54.6 Å². The van der Waals surface area contributed by atoms with Crippen molar-refractivity contribution in [1.82, 2.24) is 4.90 Å². The first-order valence-corrected chi connectivity index (χ1v) is 11.3. The molecule has 160 valence electrons. The van der Waals surface area contributed by atoms with Crippen LogP contribution in [0.25, 0.3) is 0 Å². The third kappa shape index (κ3) is 4.76. The molecule has 4 heteroatoms. The van der Waals surface area contributed by atoms with Crippen LogP contribution in [0.5, 0.6) is 0 Å². The molecular weight excluding hydrogens is 374 g/mol. The molecule has 2 unspecified atom stereocenters. The van der Waals surface area contributed by atoms with Gasteiger partial charge in [-0.3, -0.25) is 4.79 Å². The van der Waals surface area contributed by atoms with E-state index in [2.05, 4.69) is 41.3 Å². The van der Waals surface area contributed by atoms with Crippen molar-refractivity contribution in [2.45, 2.75) is 50.5 Å². The lowest BCUT2D eigenvalue weighted by atomic mass is 9.66. The van der Waals surface area contributed by atoms with E-state index in [9.17, 15) is 9.90 Å². The number of carboxylic acids is 1. The summed E-state index contributed by atoms with van der Waals surface area (Å²) in [6.45, 7) is 3.35. The monoisotopic (exact) mass is 407 g/mol. The van der Waals surface area contributed by atoms with Crippen LogP contribution in [0, 0.1) is 11.8 Å². The molecule has 3 aliphatic heterocycles. The second kappa shape index (κ2) is 9.32.